The van der Waals surface area contributed by atoms with Gasteiger partial charge < -0.3 is 5.73 Å². The van der Waals surface area contributed by atoms with E-state index in [1.54, 1.807) is 0 Å². The third-order valence-electron chi connectivity index (χ3n) is 2.65. The van der Waals surface area contributed by atoms with Gasteiger partial charge in [-0.3, -0.25) is 0 Å². The summed E-state index contributed by atoms with van der Waals surface area (Å²) >= 11 is 0. The lowest BCUT2D eigenvalue weighted by molar-refractivity contribution is 0.813. The highest BCUT2D eigenvalue weighted by atomic mass is 14.6. The normalized spacial score (nSPS) is 12.8. The van der Waals surface area contributed by atoms with Crippen LogP contribution in [0.15, 0.2) is 66.7 Å². The van der Waals surface area contributed by atoms with E-state index in [1.165, 1.54) is 11.1 Å². The molecule has 0 radical (unpaired) electrons. The molecule has 2 N–H and O–H groups in total. The van der Waals surface area contributed by atoms with Gasteiger partial charge in [-0.15, -0.1) is 0 Å². The summed E-state index contributed by atoms with van der Waals surface area (Å²) in [6, 6.07) is 20.6. The topological polar surface area (TPSA) is 26.0 Å². The van der Waals surface area contributed by atoms with Gasteiger partial charge in [0.2, 0.25) is 0 Å². The van der Waals surface area contributed by atoms with E-state index in [-0.39, 0.29) is 6.04 Å². The maximum atomic E-state index is 6.07. The van der Waals surface area contributed by atoms with Crippen molar-refractivity contribution >= 4 is 6.08 Å². The Balaban J connectivity index is 1.94. The van der Waals surface area contributed by atoms with E-state index < -0.39 is 0 Å². The molecular weight excluding hydrogens is 206 g/mol. The van der Waals surface area contributed by atoms with Gasteiger partial charge >= 0.3 is 0 Å². The summed E-state index contributed by atoms with van der Waals surface area (Å²) < 4.78 is 0. The lowest BCUT2D eigenvalue weighted by Crippen LogP contribution is -2.19. The maximum Gasteiger partial charge on any atom is 0.0267 e. The molecule has 1 nitrogen and oxygen atoms in total. The minimum absolute atomic E-state index is 0.0672. The zero-order valence-electron chi connectivity index (χ0n) is 9.79. The zero-order chi connectivity index (χ0) is 11.9. The van der Waals surface area contributed by atoms with Crippen LogP contribution in [0.5, 0.6) is 0 Å². The first-order valence-electron chi connectivity index (χ1n) is 5.87. The molecule has 2 aromatic rings. The Labute approximate surface area is 103 Å². The van der Waals surface area contributed by atoms with E-state index in [9.17, 15) is 0 Å². The molecule has 0 bridgehead atoms. The number of nitrogens with two attached hydrogens (primary N) is 1. The second-order valence-corrected chi connectivity index (χ2v) is 4.12. The predicted octanol–water partition coefficient (Wildman–Crippen LogP) is 3.27. The molecule has 0 saturated heterocycles. The van der Waals surface area contributed by atoms with E-state index in [0.29, 0.717) is 0 Å². The van der Waals surface area contributed by atoms with Crippen molar-refractivity contribution in [2.45, 2.75) is 12.5 Å². The molecule has 0 amide bonds. The standard InChI is InChI=1S/C16H17N/c17-16(13-15-9-5-2-6-10-15)12-11-14-7-3-1-4-8-14/h1-12,16H,13,17H2/t16-/m1/s1. The van der Waals surface area contributed by atoms with Crippen molar-refractivity contribution in [3.05, 3.63) is 77.9 Å². The summed E-state index contributed by atoms with van der Waals surface area (Å²) in [6.45, 7) is 0. The van der Waals surface area contributed by atoms with Gasteiger partial charge in [0, 0.05) is 6.04 Å². The summed E-state index contributed by atoms with van der Waals surface area (Å²) in [4.78, 5) is 0. The van der Waals surface area contributed by atoms with E-state index in [4.69, 9.17) is 5.73 Å². The molecule has 0 aliphatic carbocycles. The van der Waals surface area contributed by atoms with E-state index in [2.05, 4.69) is 36.4 Å². The predicted molar refractivity (Wildman–Crippen MR) is 73.6 cm³/mol. The van der Waals surface area contributed by atoms with Crippen LogP contribution < -0.4 is 5.73 Å². The molecule has 0 heterocycles. The van der Waals surface area contributed by atoms with Crippen molar-refractivity contribution in [2.24, 2.45) is 5.73 Å². The molecule has 0 aliphatic heterocycles. The first-order valence-corrected chi connectivity index (χ1v) is 5.87. The van der Waals surface area contributed by atoms with Crippen molar-refractivity contribution in [3.8, 4) is 0 Å². The Bertz CT molecular complexity index is 459. The number of benzene rings is 2. The molecule has 1 heteroatoms. The van der Waals surface area contributed by atoms with Crippen molar-refractivity contribution < 1.29 is 0 Å². The Morgan fingerprint density at radius 2 is 1.47 bits per heavy atom. The molecule has 1 atom stereocenters. The molecule has 0 fully saturated rings. The van der Waals surface area contributed by atoms with Crippen LogP contribution in [0.4, 0.5) is 0 Å². The van der Waals surface area contributed by atoms with Gasteiger partial charge in [-0.05, 0) is 17.5 Å². The zero-order valence-corrected chi connectivity index (χ0v) is 9.79. The van der Waals surface area contributed by atoms with Gasteiger partial charge in [0.15, 0.2) is 0 Å². The Kier molecular flexibility index (Phi) is 4.11. The molecule has 0 spiro atoms. The highest BCUT2D eigenvalue weighted by Crippen LogP contribution is 2.05. The quantitative estimate of drug-likeness (QED) is 0.845. The Morgan fingerprint density at radius 1 is 0.882 bits per heavy atom. The van der Waals surface area contributed by atoms with Gasteiger partial charge in [-0.25, -0.2) is 0 Å². The van der Waals surface area contributed by atoms with Gasteiger partial charge in [0.1, 0.15) is 0 Å². The highest BCUT2D eigenvalue weighted by molar-refractivity contribution is 5.49. The average Bonchev–Trinajstić information content (AvgIpc) is 2.39. The van der Waals surface area contributed by atoms with Crippen molar-refractivity contribution in [1.82, 2.24) is 0 Å². The van der Waals surface area contributed by atoms with Gasteiger partial charge in [0.05, 0.1) is 0 Å². The molecule has 2 aromatic carbocycles. The summed E-state index contributed by atoms with van der Waals surface area (Å²) in [7, 11) is 0. The summed E-state index contributed by atoms with van der Waals surface area (Å²) in [6.07, 6.45) is 5.01. The van der Waals surface area contributed by atoms with Crippen LogP contribution in [0.1, 0.15) is 11.1 Å². The van der Waals surface area contributed by atoms with Crippen molar-refractivity contribution in [3.63, 3.8) is 0 Å². The van der Waals surface area contributed by atoms with Crippen LogP contribution in [0.25, 0.3) is 6.08 Å². The molecular formula is C16H17N. The van der Waals surface area contributed by atoms with Crippen LogP contribution in [0.3, 0.4) is 0 Å². The van der Waals surface area contributed by atoms with Crippen molar-refractivity contribution in [2.75, 3.05) is 0 Å². The van der Waals surface area contributed by atoms with E-state index >= 15 is 0 Å². The molecule has 0 aromatic heterocycles. The van der Waals surface area contributed by atoms with E-state index in [0.717, 1.165) is 6.42 Å². The molecule has 0 saturated carbocycles. The fourth-order valence-electron chi connectivity index (χ4n) is 1.75. The van der Waals surface area contributed by atoms with Crippen LogP contribution >= 0.6 is 0 Å². The average molecular weight is 223 g/mol. The first-order chi connectivity index (χ1) is 8.34. The number of hydrogen-bond acceptors (Lipinski definition) is 1. The Hall–Kier alpha value is -1.86. The van der Waals surface area contributed by atoms with Crippen LogP contribution in [-0.2, 0) is 6.42 Å². The lowest BCUT2D eigenvalue weighted by Gasteiger charge is -2.06. The van der Waals surface area contributed by atoms with Crippen LogP contribution in [-0.4, -0.2) is 6.04 Å². The molecule has 86 valence electrons. The van der Waals surface area contributed by atoms with Crippen LogP contribution in [0, 0.1) is 0 Å². The maximum absolute atomic E-state index is 6.07. The first kappa shape index (κ1) is 11.6. The highest BCUT2D eigenvalue weighted by Gasteiger charge is 1.98. The molecule has 0 unspecified atom stereocenters. The Morgan fingerprint density at radius 3 is 2.12 bits per heavy atom. The van der Waals surface area contributed by atoms with Crippen LogP contribution in [0.2, 0.25) is 0 Å². The monoisotopic (exact) mass is 223 g/mol. The number of hydrogen-bond donors (Lipinski definition) is 1. The summed E-state index contributed by atoms with van der Waals surface area (Å²) in [5.74, 6) is 0. The fourth-order valence-corrected chi connectivity index (χ4v) is 1.75. The fraction of sp³-hybridized carbons (Fsp3) is 0.125. The summed E-state index contributed by atoms with van der Waals surface area (Å²) in [5.41, 5.74) is 8.53. The second kappa shape index (κ2) is 6.02. The second-order valence-electron chi connectivity index (χ2n) is 4.12. The van der Waals surface area contributed by atoms with E-state index in [1.807, 2.05) is 36.4 Å². The third-order valence-corrected chi connectivity index (χ3v) is 2.65. The van der Waals surface area contributed by atoms with Crippen molar-refractivity contribution in [1.29, 1.82) is 0 Å². The molecule has 2 rings (SSSR count). The number of rotatable bonds is 4. The minimum Gasteiger partial charge on any atom is -0.324 e. The molecule has 0 aliphatic rings. The largest absolute Gasteiger partial charge is 0.324 e. The summed E-state index contributed by atoms with van der Waals surface area (Å²) in [5, 5.41) is 0. The lowest BCUT2D eigenvalue weighted by atomic mass is 10.1. The smallest absolute Gasteiger partial charge is 0.0267 e. The van der Waals surface area contributed by atoms with Gasteiger partial charge in [-0.1, -0.05) is 72.8 Å². The van der Waals surface area contributed by atoms with Gasteiger partial charge in [-0.2, -0.15) is 0 Å². The molecule has 17 heavy (non-hydrogen) atoms. The van der Waals surface area contributed by atoms with Gasteiger partial charge in [0.25, 0.3) is 0 Å². The third kappa shape index (κ3) is 3.89. The minimum atomic E-state index is 0.0672. The SMILES string of the molecule is N[C@H](C=Cc1ccccc1)Cc1ccccc1.